The van der Waals surface area contributed by atoms with E-state index in [0.717, 1.165) is 50.0 Å². The summed E-state index contributed by atoms with van der Waals surface area (Å²) in [7, 11) is 0. The van der Waals surface area contributed by atoms with Crippen LogP contribution in [0.2, 0.25) is 5.02 Å². The first-order chi connectivity index (χ1) is 19.9. The molecule has 2 fully saturated rings. The molecule has 8 nitrogen and oxygen atoms in total. The van der Waals surface area contributed by atoms with Crippen LogP contribution < -0.4 is 26.4 Å². The lowest BCUT2D eigenvalue weighted by atomic mass is 9.97. The van der Waals surface area contributed by atoms with Gasteiger partial charge in [0.05, 0.1) is 16.9 Å². The third-order valence-electron chi connectivity index (χ3n) is 8.09. The number of aromatic nitrogens is 1. The first kappa shape index (κ1) is 30.8. The van der Waals surface area contributed by atoms with Gasteiger partial charge in [-0.25, -0.2) is 4.98 Å². The Morgan fingerprint density at radius 1 is 1.05 bits per heavy atom. The molecule has 0 aliphatic carbocycles. The summed E-state index contributed by atoms with van der Waals surface area (Å²) in [5.74, 6) is 0.602. The second kappa shape index (κ2) is 12.5. The predicted octanol–water partition coefficient (Wildman–Crippen LogP) is 5.37. The highest BCUT2D eigenvalue weighted by Crippen LogP contribution is 2.33. The minimum absolute atomic E-state index is 0.149. The number of rotatable bonds is 8. The van der Waals surface area contributed by atoms with Crippen LogP contribution in [-0.4, -0.2) is 71.8 Å². The molecule has 13 heteroatoms. The Hall–Kier alpha value is -2.67. The number of piperazine rings is 1. The highest BCUT2D eigenvalue weighted by molar-refractivity contribution is 9.10. The monoisotopic (exact) mass is 668 g/mol. The first-order valence-electron chi connectivity index (χ1n) is 14.0. The van der Waals surface area contributed by atoms with Crippen LogP contribution in [0.3, 0.4) is 0 Å². The molecule has 0 saturated carbocycles. The normalized spacial score (nSPS) is 21.2. The van der Waals surface area contributed by atoms with Crippen LogP contribution >= 0.6 is 27.5 Å². The van der Waals surface area contributed by atoms with Gasteiger partial charge in [0.25, 0.3) is 10.9 Å². The zero-order chi connectivity index (χ0) is 30.2. The van der Waals surface area contributed by atoms with E-state index >= 15 is 0 Å². The van der Waals surface area contributed by atoms with Gasteiger partial charge in [-0.15, -0.1) is 0 Å². The standard InChI is InChI=1S/C29H33BrClF3N6O2/c1-17-14-40(18(2)13-39(17)22-6-8-38(9-7-22)15-19-4-3-5-20(30)10-19)28-23(31)11-21(12-35-28)37-25-24(26(41)27(25)42)36-16-29(32,33)34/h3-5,10-12,17-18,22,36-37H,6-9,13-16H2,1-2H3/t17-,18+/m1/s1. The number of alkyl halides is 3. The molecule has 2 aliphatic heterocycles. The Balaban J connectivity index is 1.18. The maximum absolute atomic E-state index is 12.6. The van der Waals surface area contributed by atoms with Gasteiger partial charge in [0.15, 0.2) is 0 Å². The number of nitrogens with zero attached hydrogens (tertiary/aromatic N) is 4. The highest BCUT2D eigenvalue weighted by atomic mass is 79.9. The van der Waals surface area contributed by atoms with Gasteiger partial charge in [0, 0.05) is 42.2 Å². The number of benzene rings is 1. The van der Waals surface area contributed by atoms with E-state index < -0.39 is 29.3 Å². The highest BCUT2D eigenvalue weighted by Gasteiger charge is 2.36. The van der Waals surface area contributed by atoms with E-state index in [1.807, 2.05) is 11.4 Å². The minimum atomic E-state index is -4.53. The maximum Gasteiger partial charge on any atom is 0.405 e. The van der Waals surface area contributed by atoms with Gasteiger partial charge in [-0.1, -0.05) is 39.7 Å². The van der Waals surface area contributed by atoms with Gasteiger partial charge in [-0.05, 0) is 63.5 Å². The Morgan fingerprint density at radius 3 is 2.43 bits per heavy atom. The van der Waals surface area contributed by atoms with E-state index in [4.69, 9.17) is 11.6 Å². The molecule has 0 unspecified atom stereocenters. The van der Waals surface area contributed by atoms with Gasteiger partial charge >= 0.3 is 6.18 Å². The average Bonchev–Trinajstić information content (AvgIpc) is 2.93. The number of nitrogens with one attached hydrogen (secondary N) is 2. The van der Waals surface area contributed by atoms with Crippen molar-refractivity contribution in [2.75, 3.05) is 48.3 Å². The van der Waals surface area contributed by atoms with Crippen LogP contribution in [-0.2, 0) is 6.54 Å². The Labute approximate surface area is 255 Å². The number of pyridine rings is 1. The van der Waals surface area contributed by atoms with Crippen LogP contribution in [0.5, 0.6) is 0 Å². The molecule has 1 aromatic heterocycles. The van der Waals surface area contributed by atoms with Gasteiger partial charge in [0.1, 0.15) is 23.7 Å². The molecule has 5 rings (SSSR count). The van der Waals surface area contributed by atoms with Crippen LogP contribution in [0.15, 0.2) is 50.6 Å². The van der Waals surface area contributed by atoms with Crippen molar-refractivity contribution in [3.05, 3.63) is 72.0 Å². The topological polar surface area (TPSA) is 80.8 Å². The minimum Gasteiger partial charge on any atom is -0.371 e. The smallest absolute Gasteiger partial charge is 0.371 e. The first-order valence-corrected chi connectivity index (χ1v) is 15.1. The quantitative estimate of drug-likeness (QED) is 0.310. The van der Waals surface area contributed by atoms with E-state index in [2.05, 4.69) is 73.0 Å². The summed E-state index contributed by atoms with van der Waals surface area (Å²) in [6.07, 6.45) is -0.835. The predicted molar refractivity (Wildman–Crippen MR) is 164 cm³/mol. The molecule has 2 saturated heterocycles. The second-order valence-corrected chi connectivity index (χ2v) is 12.5. The van der Waals surface area contributed by atoms with Crippen molar-refractivity contribution >= 4 is 50.4 Å². The molecule has 2 aliphatic rings. The van der Waals surface area contributed by atoms with Crippen molar-refractivity contribution in [3.63, 3.8) is 0 Å². The summed E-state index contributed by atoms with van der Waals surface area (Å²) in [6.45, 7) is 7.61. The van der Waals surface area contributed by atoms with Gasteiger partial charge in [0.2, 0.25) is 0 Å². The molecule has 2 N–H and O–H groups in total. The molecule has 2 aromatic carbocycles. The third-order valence-corrected chi connectivity index (χ3v) is 8.87. The molecule has 226 valence electrons. The van der Waals surface area contributed by atoms with Gasteiger partial charge < -0.3 is 15.5 Å². The molecule has 0 bridgehead atoms. The number of piperidine rings is 1. The largest absolute Gasteiger partial charge is 0.405 e. The Kier molecular flexibility index (Phi) is 9.17. The molecular weight excluding hydrogens is 637 g/mol. The Morgan fingerprint density at radius 2 is 1.76 bits per heavy atom. The number of halogens is 5. The van der Waals surface area contributed by atoms with Crippen LogP contribution in [0.1, 0.15) is 32.3 Å². The zero-order valence-electron chi connectivity index (χ0n) is 23.3. The average molecular weight is 670 g/mol. The molecule has 3 heterocycles. The lowest BCUT2D eigenvalue weighted by Gasteiger charge is -2.49. The van der Waals surface area contributed by atoms with E-state index in [1.165, 1.54) is 11.8 Å². The molecule has 3 aromatic rings. The van der Waals surface area contributed by atoms with Crippen LogP contribution in [0.25, 0.3) is 0 Å². The Bertz CT molecular complexity index is 1490. The summed E-state index contributed by atoms with van der Waals surface area (Å²) in [6, 6.07) is 11.0. The van der Waals surface area contributed by atoms with E-state index in [-0.39, 0.29) is 17.8 Å². The third kappa shape index (κ3) is 6.93. The lowest BCUT2D eigenvalue weighted by molar-refractivity contribution is -0.115. The second-order valence-electron chi connectivity index (χ2n) is 11.2. The fourth-order valence-corrected chi connectivity index (χ4v) is 6.70. The maximum atomic E-state index is 12.6. The number of hydrogen-bond donors (Lipinski definition) is 2. The number of likely N-dealkylation sites (tertiary alicyclic amines) is 1. The lowest BCUT2D eigenvalue weighted by Crippen LogP contribution is -2.61. The van der Waals surface area contributed by atoms with E-state index in [1.54, 1.807) is 6.07 Å². The van der Waals surface area contributed by atoms with Crippen molar-refractivity contribution < 1.29 is 13.2 Å². The van der Waals surface area contributed by atoms with Crippen LogP contribution in [0.4, 0.5) is 36.1 Å². The van der Waals surface area contributed by atoms with Crippen molar-refractivity contribution in [2.24, 2.45) is 0 Å². The zero-order valence-corrected chi connectivity index (χ0v) is 25.7. The van der Waals surface area contributed by atoms with Crippen molar-refractivity contribution in [3.8, 4) is 0 Å². The summed E-state index contributed by atoms with van der Waals surface area (Å²) < 4.78 is 38.8. The fourth-order valence-electron chi connectivity index (χ4n) is 5.98. The van der Waals surface area contributed by atoms with Gasteiger partial charge in [-0.2, -0.15) is 13.2 Å². The SMILES string of the molecule is C[C@@H]1CN(c2ncc(Nc3c(NCC(F)(F)F)c(=O)c3=O)cc2Cl)[C@@H](C)CN1C1CCN(Cc2cccc(Br)c2)CC1. The number of anilines is 4. The van der Waals surface area contributed by atoms with Crippen molar-refractivity contribution in [1.82, 2.24) is 14.8 Å². The molecule has 42 heavy (non-hydrogen) atoms. The van der Waals surface area contributed by atoms with Crippen molar-refractivity contribution in [1.29, 1.82) is 0 Å². The van der Waals surface area contributed by atoms with Crippen molar-refractivity contribution in [2.45, 2.75) is 57.5 Å². The molecule has 0 radical (unpaired) electrons. The van der Waals surface area contributed by atoms with Gasteiger partial charge in [-0.3, -0.25) is 19.4 Å². The summed E-state index contributed by atoms with van der Waals surface area (Å²) in [5.41, 5.74) is -0.888. The number of hydrogen-bond acceptors (Lipinski definition) is 8. The molecule has 2 atom stereocenters. The van der Waals surface area contributed by atoms with E-state index in [9.17, 15) is 22.8 Å². The summed E-state index contributed by atoms with van der Waals surface area (Å²) in [5, 5.41) is 5.05. The van der Waals surface area contributed by atoms with Crippen LogP contribution in [0, 0.1) is 0 Å². The molecule has 0 amide bonds. The molecular formula is C29H33BrClF3N6O2. The fraction of sp³-hybridized carbons (Fsp3) is 0.483. The summed E-state index contributed by atoms with van der Waals surface area (Å²) >= 11 is 10.2. The van der Waals surface area contributed by atoms with E-state index in [0.29, 0.717) is 22.6 Å². The summed E-state index contributed by atoms with van der Waals surface area (Å²) in [4.78, 5) is 35.6. The molecule has 0 spiro atoms.